The van der Waals surface area contributed by atoms with E-state index in [0.29, 0.717) is 29.8 Å². The van der Waals surface area contributed by atoms with Gasteiger partial charge in [-0.15, -0.1) is 11.8 Å². The number of pyridine rings is 1. The summed E-state index contributed by atoms with van der Waals surface area (Å²) in [6.07, 6.45) is 3.25. The van der Waals surface area contributed by atoms with Gasteiger partial charge in [0.2, 0.25) is 5.91 Å². The van der Waals surface area contributed by atoms with Crippen molar-refractivity contribution in [3.05, 3.63) is 137 Å². The molecular formula is C40H36ClN3O5S2. The maximum Gasteiger partial charge on any atom is 0.267 e. The van der Waals surface area contributed by atoms with Crippen LogP contribution in [0.25, 0.3) is 22.0 Å². The predicted octanol–water partition coefficient (Wildman–Crippen LogP) is 8.47. The lowest BCUT2D eigenvalue weighted by Gasteiger charge is -2.22. The SMILES string of the molecule is CC(=O)NS(=O)(=O)c1ccccc1OCCc1c2c3c(c(OCc4ccc(-c5ccccc5)cn4)ccc3n1Cc1ccc(Cl)cc1)CC(C)S2. The highest BCUT2D eigenvalue weighted by Gasteiger charge is 2.29. The lowest BCUT2D eigenvalue weighted by atomic mass is 10.0. The van der Waals surface area contributed by atoms with E-state index in [9.17, 15) is 13.2 Å². The highest BCUT2D eigenvalue weighted by molar-refractivity contribution is 8.00. The van der Waals surface area contributed by atoms with E-state index in [0.717, 1.165) is 52.7 Å². The zero-order valence-electron chi connectivity index (χ0n) is 28.1. The smallest absolute Gasteiger partial charge is 0.267 e. The van der Waals surface area contributed by atoms with Gasteiger partial charge in [-0.25, -0.2) is 13.1 Å². The number of ether oxygens (including phenoxy) is 2. The van der Waals surface area contributed by atoms with Crippen molar-refractivity contribution in [2.24, 2.45) is 0 Å². The fraction of sp³-hybridized carbons (Fsp3) is 0.200. The minimum Gasteiger partial charge on any atom is -0.492 e. The number of aromatic nitrogens is 2. The quantitative estimate of drug-likeness (QED) is 0.135. The fourth-order valence-electron chi connectivity index (χ4n) is 6.46. The first kappa shape index (κ1) is 34.7. The minimum absolute atomic E-state index is 0.0838. The zero-order valence-corrected chi connectivity index (χ0v) is 30.5. The Morgan fingerprint density at radius 3 is 2.43 bits per heavy atom. The van der Waals surface area contributed by atoms with E-state index in [4.69, 9.17) is 21.1 Å². The van der Waals surface area contributed by atoms with Crippen LogP contribution in [0.4, 0.5) is 0 Å². The summed E-state index contributed by atoms with van der Waals surface area (Å²) in [6.45, 7) is 4.56. The standard InChI is InChI=1S/C40H36ClN3O5S2/c1-26-22-33-36(49-25-32-17-14-30(23-42-32)29-8-4-3-5-9-29)19-18-34-39(33)40(50-26)35(44(34)24-28-12-15-31(41)16-13-28)20-21-48-37-10-6-7-11-38(37)51(46,47)43-27(2)45/h3-19,23,26H,20-22,24-25H2,1-2H3,(H,43,45). The number of halogens is 1. The van der Waals surface area contributed by atoms with Crippen LogP contribution in [0.5, 0.6) is 11.5 Å². The van der Waals surface area contributed by atoms with Crippen LogP contribution in [0.1, 0.15) is 36.4 Å². The monoisotopic (exact) mass is 737 g/mol. The van der Waals surface area contributed by atoms with Crippen molar-refractivity contribution in [2.75, 3.05) is 6.61 Å². The number of nitrogens with zero attached hydrogens (tertiary/aromatic N) is 2. The van der Waals surface area contributed by atoms with Gasteiger partial charge in [-0.05, 0) is 60.0 Å². The van der Waals surface area contributed by atoms with E-state index >= 15 is 0 Å². The third-order valence-electron chi connectivity index (χ3n) is 8.74. The predicted molar refractivity (Wildman–Crippen MR) is 202 cm³/mol. The summed E-state index contributed by atoms with van der Waals surface area (Å²) in [6, 6.07) is 32.6. The minimum atomic E-state index is -4.08. The van der Waals surface area contributed by atoms with Gasteiger partial charge in [-0.3, -0.25) is 9.78 Å². The number of thioether (sulfide) groups is 1. The van der Waals surface area contributed by atoms with Crippen LogP contribution in [0.3, 0.4) is 0 Å². The number of carbonyl (C=O) groups excluding carboxylic acids is 1. The Labute approximate surface area is 306 Å². The topological polar surface area (TPSA) is 99.5 Å². The van der Waals surface area contributed by atoms with Crippen molar-refractivity contribution in [2.45, 2.75) is 54.9 Å². The Kier molecular flexibility index (Phi) is 10.1. The second-order valence-electron chi connectivity index (χ2n) is 12.5. The molecule has 0 saturated heterocycles. The molecule has 260 valence electrons. The van der Waals surface area contributed by atoms with E-state index in [1.165, 1.54) is 21.9 Å². The zero-order chi connectivity index (χ0) is 35.5. The summed E-state index contributed by atoms with van der Waals surface area (Å²) in [4.78, 5) is 17.4. The molecule has 51 heavy (non-hydrogen) atoms. The molecule has 4 aromatic carbocycles. The van der Waals surface area contributed by atoms with Gasteiger partial charge in [0.25, 0.3) is 10.0 Å². The summed E-state index contributed by atoms with van der Waals surface area (Å²) < 4.78 is 42.8. The number of sulfonamides is 1. The van der Waals surface area contributed by atoms with Crippen molar-refractivity contribution < 1.29 is 22.7 Å². The van der Waals surface area contributed by atoms with Crippen molar-refractivity contribution >= 4 is 50.2 Å². The van der Waals surface area contributed by atoms with E-state index < -0.39 is 15.9 Å². The molecule has 0 aliphatic carbocycles. The molecule has 0 fully saturated rings. The van der Waals surface area contributed by atoms with Crippen LogP contribution < -0.4 is 14.2 Å². The molecule has 2 aromatic heterocycles. The summed E-state index contributed by atoms with van der Waals surface area (Å²) in [5.41, 5.74) is 7.47. The Hall–Kier alpha value is -4.77. The molecular weight excluding hydrogens is 702 g/mol. The maximum atomic E-state index is 12.9. The Morgan fingerprint density at radius 1 is 0.922 bits per heavy atom. The van der Waals surface area contributed by atoms with Crippen molar-refractivity contribution in [3.8, 4) is 22.6 Å². The Bertz CT molecular complexity index is 2310. The van der Waals surface area contributed by atoms with E-state index in [-0.39, 0.29) is 17.3 Å². The summed E-state index contributed by atoms with van der Waals surface area (Å²) >= 11 is 8.07. The average Bonchev–Trinajstić information content (AvgIpc) is 3.41. The van der Waals surface area contributed by atoms with Crippen molar-refractivity contribution in [3.63, 3.8) is 0 Å². The maximum absolute atomic E-state index is 12.9. The summed E-state index contributed by atoms with van der Waals surface area (Å²) in [7, 11) is -4.08. The lowest BCUT2D eigenvalue weighted by Crippen LogP contribution is -2.28. The van der Waals surface area contributed by atoms with Gasteiger partial charge >= 0.3 is 0 Å². The molecule has 0 radical (unpaired) electrons. The molecule has 7 rings (SSSR count). The second kappa shape index (κ2) is 14.8. The van der Waals surface area contributed by atoms with Crippen molar-refractivity contribution in [1.82, 2.24) is 14.3 Å². The molecule has 11 heteroatoms. The molecule has 1 aliphatic rings. The highest BCUT2D eigenvalue weighted by Crippen LogP contribution is 2.47. The molecule has 0 spiro atoms. The third kappa shape index (κ3) is 7.63. The molecule has 8 nitrogen and oxygen atoms in total. The van der Waals surface area contributed by atoms with Gasteiger partial charge in [0.15, 0.2) is 0 Å². The number of carbonyl (C=O) groups is 1. The molecule has 6 aromatic rings. The van der Waals surface area contributed by atoms with E-state index in [1.54, 1.807) is 18.2 Å². The number of hydrogen-bond donors (Lipinski definition) is 1. The van der Waals surface area contributed by atoms with Crippen LogP contribution in [-0.2, 0) is 40.8 Å². The molecule has 1 N–H and O–H groups in total. The first-order valence-corrected chi connectivity index (χ1v) is 19.4. The number of hydrogen-bond acceptors (Lipinski definition) is 7. The van der Waals surface area contributed by atoms with Gasteiger partial charge < -0.3 is 14.0 Å². The Balaban J connectivity index is 1.20. The molecule has 1 aliphatic heterocycles. The Morgan fingerprint density at radius 2 is 1.69 bits per heavy atom. The van der Waals surface area contributed by atoms with E-state index in [2.05, 4.69) is 46.8 Å². The molecule has 1 atom stereocenters. The number of para-hydroxylation sites is 1. The second-order valence-corrected chi connectivity index (χ2v) is 16.0. The first-order chi connectivity index (χ1) is 24.7. The summed E-state index contributed by atoms with van der Waals surface area (Å²) in [5.74, 6) is 0.356. The molecule has 0 saturated carbocycles. The van der Waals surface area contributed by atoms with Crippen LogP contribution in [0.2, 0.25) is 5.02 Å². The number of rotatable bonds is 12. The third-order valence-corrected chi connectivity index (χ3v) is 11.7. The van der Waals surface area contributed by atoms with Crippen LogP contribution in [0, 0.1) is 0 Å². The molecule has 1 unspecified atom stereocenters. The summed E-state index contributed by atoms with van der Waals surface area (Å²) in [5, 5.41) is 2.14. The van der Waals surface area contributed by atoms with Gasteiger partial charge in [-0.2, -0.15) is 0 Å². The molecule has 3 heterocycles. The van der Waals surface area contributed by atoms with Crippen LogP contribution in [0.15, 0.2) is 119 Å². The van der Waals surface area contributed by atoms with Gasteiger partial charge in [0.1, 0.15) is 23.0 Å². The average molecular weight is 738 g/mol. The number of amides is 1. The lowest BCUT2D eigenvalue weighted by molar-refractivity contribution is -0.117. The van der Waals surface area contributed by atoms with E-state index in [1.807, 2.05) is 71.2 Å². The normalized spacial score (nSPS) is 14.0. The van der Waals surface area contributed by atoms with Gasteiger partial charge in [0, 0.05) is 63.5 Å². The van der Waals surface area contributed by atoms with Crippen molar-refractivity contribution in [1.29, 1.82) is 0 Å². The largest absolute Gasteiger partial charge is 0.492 e. The molecule has 0 bridgehead atoms. The molecule has 1 amide bonds. The van der Waals surface area contributed by atoms with Gasteiger partial charge in [0.05, 0.1) is 17.8 Å². The highest BCUT2D eigenvalue weighted by atomic mass is 35.5. The number of nitrogens with one attached hydrogen (secondary N) is 1. The van der Waals surface area contributed by atoms with Gasteiger partial charge in [-0.1, -0.05) is 79.2 Å². The number of benzene rings is 4. The fourth-order valence-corrected chi connectivity index (χ4v) is 9.07. The van der Waals surface area contributed by atoms with Crippen LogP contribution >= 0.6 is 23.4 Å². The first-order valence-electron chi connectivity index (χ1n) is 16.6. The van der Waals surface area contributed by atoms with Crippen LogP contribution in [-0.4, -0.2) is 35.7 Å².